The first-order chi connectivity index (χ1) is 7.55. The van der Waals surface area contributed by atoms with Crippen LogP contribution in [0.3, 0.4) is 0 Å². The minimum atomic E-state index is -0.557. The van der Waals surface area contributed by atoms with E-state index in [2.05, 4.69) is 10.1 Å². The average molecular weight is 217 g/mol. The SMILES string of the molecule is CC(C)(N)c1noc(Cc2ccccc2)n1. The van der Waals surface area contributed by atoms with Crippen LogP contribution in [-0.4, -0.2) is 10.1 Å². The molecule has 0 amide bonds. The van der Waals surface area contributed by atoms with E-state index in [9.17, 15) is 0 Å². The number of benzene rings is 1. The first-order valence-corrected chi connectivity index (χ1v) is 5.21. The molecule has 4 heteroatoms. The van der Waals surface area contributed by atoms with Crippen molar-refractivity contribution in [2.45, 2.75) is 25.8 Å². The van der Waals surface area contributed by atoms with E-state index in [0.29, 0.717) is 18.1 Å². The van der Waals surface area contributed by atoms with Gasteiger partial charge >= 0.3 is 0 Å². The Bertz CT molecular complexity index is 457. The maximum absolute atomic E-state index is 5.88. The molecule has 1 aromatic carbocycles. The fraction of sp³-hybridized carbons (Fsp3) is 0.333. The zero-order chi connectivity index (χ0) is 11.6. The maximum atomic E-state index is 5.88. The van der Waals surface area contributed by atoms with E-state index >= 15 is 0 Å². The number of aromatic nitrogens is 2. The highest BCUT2D eigenvalue weighted by molar-refractivity contribution is 5.18. The fourth-order valence-electron chi connectivity index (χ4n) is 1.36. The van der Waals surface area contributed by atoms with Crippen molar-refractivity contribution in [2.75, 3.05) is 0 Å². The van der Waals surface area contributed by atoms with E-state index in [-0.39, 0.29) is 0 Å². The van der Waals surface area contributed by atoms with Crippen LogP contribution in [-0.2, 0) is 12.0 Å². The zero-order valence-corrected chi connectivity index (χ0v) is 9.47. The first-order valence-electron chi connectivity index (χ1n) is 5.21. The predicted molar refractivity (Wildman–Crippen MR) is 60.8 cm³/mol. The summed E-state index contributed by atoms with van der Waals surface area (Å²) in [7, 11) is 0. The van der Waals surface area contributed by atoms with Gasteiger partial charge in [-0.25, -0.2) is 0 Å². The number of nitrogens with zero attached hydrogens (tertiary/aromatic N) is 2. The molecule has 0 radical (unpaired) electrons. The summed E-state index contributed by atoms with van der Waals surface area (Å²) >= 11 is 0. The molecule has 4 nitrogen and oxygen atoms in total. The van der Waals surface area contributed by atoms with Gasteiger partial charge in [0, 0.05) is 0 Å². The van der Waals surface area contributed by atoms with Crippen LogP contribution in [0.1, 0.15) is 31.1 Å². The van der Waals surface area contributed by atoms with Crippen molar-refractivity contribution in [3.8, 4) is 0 Å². The van der Waals surface area contributed by atoms with E-state index in [0.717, 1.165) is 5.56 Å². The lowest BCUT2D eigenvalue weighted by molar-refractivity contribution is 0.365. The Morgan fingerprint density at radius 1 is 1.25 bits per heavy atom. The summed E-state index contributed by atoms with van der Waals surface area (Å²) in [5, 5.41) is 3.87. The quantitative estimate of drug-likeness (QED) is 0.852. The highest BCUT2D eigenvalue weighted by Crippen LogP contribution is 2.14. The molecule has 1 heterocycles. The molecule has 0 saturated heterocycles. The van der Waals surface area contributed by atoms with Gasteiger partial charge in [0.05, 0.1) is 12.0 Å². The molecule has 16 heavy (non-hydrogen) atoms. The molecule has 0 aliphatic heterocycles. The van der Waals surface area contributed by atoms with Crippen molar-refractivity contribution in [3.63, 3.8) is 0 Å². The molecule has 0 fully saturated rings. The normalized spacial score (nSPS) is 11.7. The van der Waals surface area contributed by atoms with Crippen LogP contribution in [0.5, 0.6) is 0 Å². The summed E-state index contributed by atoms with van der Waals surface area (Å²) < 4.78 is 5.15. The molecular formula is C12H15N3O. The van der Waals surface area contributed by atoms with Crippen LogP contribution in [0.2, 0.25) is 0 Å². The fourth-order valence-corrected chi connectivity index (χ4v) is 1.36. The molecule has 0 aliphatic rings. The second-order valence-electron chi connectivity index (χ2n) is 4.40. The Hall–Kier alpha value is -1.68. The molecule has 84 valence electrons. The molecule has 0 aliphatic carbocycles. The highest BCUT2D eigenvalue weighted by atomic mass is 16.5. The Morgan fingerprint density at radius 2 is 1.94 bits per heavy atom. The molecule has 2 rings (SSSR count). The third-order valence-corrected chi connectivity index (χ3v) is 2.24. The van der Waals surface area contributed by atoms with Crippen LogP contribution in [0.4, 0.5) is 0 Å². The Morgan fingerprint density at radius 3 is 2.50 bits per heavy atom. The van der Waals surface area contributed by atoms with Gasteiger partial charge in [-0.1, -0.05) is 35.5 Å². The van der Waals surface area contributed by atoms with Crippen molar-refractivity contribution in [3.05, 3.63) is 47.6 Å². The molecule has 0 bridgehead atoms. The van der Waals surface area contributed by atoms with Crippen molar-refractivity contribution in [2.24, 2.45) is 5.73 Å². The van der Waals surface area contributed by atoms with E-state index in [1.165, 1.54) is 0 Å². The summed E-state index contributed by atoms with van der Waals surface area (Å²) in [5.41, 5.74) is 6.47. The molecule has 0 unspecified atom stereocenters. The second kappa shape index (κ2) is 4.06. The van der Waals surface area contributed by atoms with Crippen LogP contribution in [0, 0.1) is 0 Å². The zero-order valence-electron chi connectivity index (χ0n) is 9.47. The molecule has 2 aromatic rings. The van der Waals surface area contributed by atoms with Gasteiger partial charge in [0.25, 0.3) is 0 Å². The lowest BCUT2D eigenvalue weighted by atomic mass is 10.1. The summed E-state index contributed by atoms with van der Waals surface area (Å²) in [6.45, 7) is 3.70. The number of hydrogen-bond donors (Lipinski definition) is 1. The standard InChI is InChI=1S/C12H15N3O/c1-12(2,13)11-14-10(16-15-11)8-9-6-4-3-5-7-9/h3-7H,8,13H2,1-2H3. The Labute approximate surface area is 94.5 Å². The topological polar surface area (TPSA) is 64.9 Å². The third kappa shape index (κ3) is 2.46. The Kier molecular flexibility index (Phi) is 2.75. The van der Waals surface area contributed by atoms with Gasteiger partial charge in [-0.15, -0.1) is 0 Å². The van der Waals surface area contributed by atoms with E-state index in [1.807, 2.05) is 44.2 Å². The minimum absolute atomic E-state index is 0.540. The molecule has 0 atom stereocenters. The molecular weight excluding hydrogens is 202 g/mol. The van der Waals surface area contributed by atoms with Gasteiger partial charge < -0.3 is 10.3 Å². The van der Waals surface area contributed by atoms with E-state index in [1.54, 1.807) is 0 Å². The van der Waals surface area contributed by atoms with Gasteiger partial charge in [0.2, 0.25) is 5.89 Å². The van der Waals surface area contributed by atoms with Gasteiger partial charge in [-0.3, -0.25) is 0 Å². The van der Waals surface area contributed by atoms with Gasteiger partial charge in [-0.2, -0.15) is 4.98 Å². The molecule has 2 N–H and O–H groups in total. The third-order valence-electron chi connectivity index (χ3n) is 2.24. The lowest BCUT2D eigenvalue weighted by Crippen LogP contribution is -2.30. The van der Waals surface area contributed by atoms with Gasteiger partial charge in [0.15, 0.2) is 5.82 Å². The van der Waals surface area contributed by atoms with Crippen molar-refractivity contribution >= 4 is 0 Å². The molecule has 1 aromatic heterocycles. The predicted octanol–water partition coefficient (Wildman–Crippen LogP) is 1.85. The van der Waals surface area contributed by atoms with Crippen molar-refractivity contribution in [1.82, 2.24) is 10.1 Å². The lowest BCUT2D eigenvalue weighted by Gasteiger charge is -2.11. The molecule has 0 saturated carbocycles. The molecule has 0 spiro atoms. The number of nitrogens with two attached hydrogens (primary N) is 1. The van der Waals surface area contributed by atoms with Crippen LogP contribution in [0.25, 0.3) is 0 Å². The Balaban J connectivity index is 2.15. The second-order valence-corrected chi connectivity index (χ2v) is 4.40. The van der Waals surface area contributed by atoms with Crippen molar-refractivity contribution in [1.29, 1.82) is 0 Å². The van der Waals surface area contributed by atoms with Crippen LogP contribution in [0.15, 0.2) is 34.9 Å². The summed E-state index contributed by atoms with van der Waals surface area (Å²) in [4.78, 5) is 4.27. The first kappa shape index (κ1) is 10.8. The summed E-state index contributed by atoms with van der Waals surface area (Å²) in [5.74, 6) is 1.14. The average Bonchev–Trinajstić information content (AvgIpc) is 2.67. The van der Waals surface area contributed by atoms with Gasteiger partial charge in [0.1, 0.15) is 0 Å². The largest absolute Gasteiger partial charge is 0.339 e. The van der Waals surface area contributed by atoms with Crippen LogP contribution >= 0.6 is 0 Å². The summed E-state index contributed by atoms with van der Waals surface area (Å²) in [6, 6.07) is 10.00. The van der Waals surface area contributed by atoms with Crippen molar-refractivity contribution < 1.29 is 4.52 Å². The van der Waals surface area contributed by atoms with E-state index in [4.69, 9.17) is 10.3 Å². The number of hydrogen-bond acceptors (Lipinski definition) is 4. The smallest absolute Gasteiger partial charge is 0.231 e. The van der Waals surface area contributed by atoms with E-state index < -0.39 is 5.54 Å². The summed E-state index contributed by atoms with van der Waals surface area (Å²) in [6.07, 6.45) is 0.643. The monoisotopic (exact) mass is 217 g/mol. The maximum Gasteiger partial charge on any atom is 0.231 e. The van der Waals surface area contributed by atoms with Crippen LogP contribution < -0.4 is 5.73 Å². The minimum Gasteiger partial charge on any atom is -0.339 e. The number of rotatable bonds is 3. The highest BCUT2D eigenvalue weighted by Gasteiger charge is 2.21. The van der Waals surface area contributed by atoms with Gasteiger partial charge in [-0.05, 0) is 19.4 Å².